The van der Waals surface area contributed by atoms with E-state index >= 15 is 0 Å². The molecule has 2 rings (SSSR count). The second kappa shape index (κ2) is 6.58. The van der Waals surface area contributed by atoms with Crippen molar-refractivity contribution in [1.82, 2.24) is 5.32 Å². The summed E-state index contributed by atoms with van der Waals surface area (Å²) in [7, 11) is 0. The molecule has 3 nitrogen and oxygen atoms in total. The van der Waals surface area contributed by atoms with Gasteiger partial charge >= 0.3 is 0 Å². The highest BCUT2D eigenvalue weighted by atomic mass is 16.5. The van der Waals surface area contributed by atoms with Gasteiger partial charge in [-0.05, 0) is 57.0 Å². The van der Waals surface area contributed by atoms with Gasteiger partial charge in [0.2, 0.25) is 0 Å². The zero-order valence-corrected chi connectivity index (χ0v) is 10.2. The maximum Gasteiger partial charge on any atom is 0.0543 e. The highest BCUT2D eigenvalue weighted by Gasteiger charge is 2.20. The van der Waals surface area contributed by atoms with Crippen molar-refractivity contribution in [3.8, 4) is 0 Å². The van der Waals surface area contributed by atoms with Crippen LogP contribution in [-0.2, 0) is 4.74 Å². The summed E-state index contributed by atoms with van der Waals surface area (Å²) in [4.78, 5) is 0. The number of hydrogen-bond acceptors (Lipinski definition) is 3. The lowest BCUT2D eigenvalue weighted by Crippen LogP contribution is -2.33. The van der Waals surface area contributed by atoms with Gasteiger partial charge in [0.05, 0.1) is 6.10 Å². The van der Waals surface area contributed by atoms with E-state index < -0.39 is 0 Å². The van der Waals surface area contributed by atoms with E-state index in [-0.39, 0.29) is 6.10 Å². The third-order valence-corrected chi connectivity index (χ3v) is 3.96. The molecule has 2 N–H and O–H groups in total. The predicted molar refractivity (Wildman–Crippen MR) is 64.4 cm³/mol. The van der Waals surface area contributed by atoms with E-state index in [9.17, 15) is 5.11 Å². The van der Waals surface area contributed by atoms with Crippen molar-refractivity contribution in [3.63, 3.8) is 0 Å². The summed E-state index contributed by atoms with van der Waals surface area (Å²) in [6.07, 6.45) is 6.88. The monoisotopic (exact) mass is 227 g/mol. The summed E-state index contributed by atoms with van der Waals surface area (Å²) >= 11 is 0. The molecule has 0 aromatic rings. The van der Waals surface area contributed by atoms with Gasteiger partial charge < -0.3 is 15.2 Å². The average Bonchev–Trinajstić information content (AvgIpc) is 2.30. The Labute approximate surface area is 98.6 Å². The van der Waals surface area contributed by atoms with Crippen LogP contribution in [-0.4, -0.2) is 37.5 Å². The number of aliphatic hydroxyl groups is 1. The molecule has 2 atom stereocenters. The smallest absolute Gasteiger partial charge is 0.0543 e. The third-order valence-electron chi connectivity index (χ3n) is 3.96. The summed E-state index contributed by atoms with van der Waals surface area (Å²) in [6.45, 7) is 4.10. The van der Waals surface area contributed by atoms with Gasteiger partial charge in [-0.25, -0.2) is 0 Å². The highest BCUT2D eigenvalue weighted by Crippen LogP contribution is 2.23. The van der Waals surface area contributed by atoms with Crippen molar-refractivity contribution < 1.29 is 9.84 Å². The molecule has 0 bridgehead atoms. The minimum absolute atomic E-state index is 0.0383. The van der Waals surface area contributed by atoms with Gasteiger partial charge in [0.25, 0.3) is 0 Å². The zero-order chi connectivity index (χ0) is 11.2. The van der Waals surface area contributed by atoms with Crippen LogP contribution in [0.4, 0.5) is 0 Å². The summed E-state index contributed by atoms with van der Waals surface area (Å²) in [5, 5.41) is 13.2. The first-order chi connectivity index (χ1) is 7.84. The zero-order valence-electron chi connectivity index (χ0n) is 10.2. The van der Waals surface area contributed by atoms with Gasteiger partial charge in [0.1, 0.15) is 0 Å². The van der Waals surface area contributed by atoms with E-state index in [1.165, 1.54) is 25.7 Å². The predicted octanol–water partition coefficient (Wildman–Crippen LogP) is 1.55. The maximum absolute atomic E-state index is 9.58. The summed E-state index contributed by atoms with van der Waals surface area (Å²) < 4.78 is 5.35. The Morgan fingerprint density at radius 1 is 1.00 bits per heavy atom. The molecule has 1 saturated heterocycles. The molecule has 16 heavy (non-hydrogen) atoms. The fourth-order valence-electron chi connectivity index (χ4n) is 2.89. The number of hydrogen-bond donors (Lipinski definition) is 2. The largest absolute Gasteiger partial charge is 0.393 e. The Balaban J connectivity index is 1.56. The molecule has 0 amide bonds. The lowest BCUT2D eigenvalue weighted by atomic mass is 9.87. The van der Waals surface area contributed by atoms with Crippen LogP contribution in [0.1, 0.15) is 38.5 Å². The lowest BCUT2D eigenvalue weighted by molar-refractivity contribution is 0.0647. The van der Waals surface area contributed by atoms with Crippen molar-refractivity contribution in [2.24, 2.45) is 11.8 Å². The molecular formula is C13H25NO2. The molecule has 2 fully saturated rings. The van der Waals surface area contributed by atoms with Crippen LogP contribution in [0.5, 0.6) is 0 Å². The molecule has 2 aliphatic rings. The van der Waals surface area contributed by atoms with Crippen LogP contribution >= 0.6 is 0 Å². The second-order valence-corrected chi connectivity index (χ2v) is 5.40. The molecule has 0 aromatic carbocycles. The van der Waals surface area contributed by atoms with Crippen LogP contribution in [0.25, 0.3) is 0 Å². The van der Waals surface area contributed by atoms with Crippen molar-refractivity contribution in [1.29, 1.82) is 0 Å². The minimum Gasteiger partial charge on any atom is -0.393 e. The topological polar surface area (TPSA) is 41.5 Å². The van der Waals surface area contributed by atoms with Crippen molar-refractivity contribution in [2.75, 3.05) is 26.3 Å². The van der Waals surface area contributed by atoms with Gasteiger partial charge in [-0.3, -0.25) is 0 Å². The van der Waals surface area contributed by atoms with Gasteiger partial charge in [-0.15, -0.1) is 0 Å². The summed E-state index contributed by atoms with van der Waals surface area (Å²) in [6, 6.07) is 0. The first-order valence-electron chi connectivity index (χ1n) is 6.81. The molecule has 0 aromatic heterocycles. The summed E-state index contributed by atoms with van der Waals surface area (Å²) in [5.74, 6) is 1.51. The Morgan fingerprint density at radius 3 is 2.50 bits per heavy atom. The maximum atomic E-state index is 9.58. The second-order valence-electron chi connectivity index (χ2n) is 5.40. The molecule has 0 spiro atoms. The number of rotatable bonds is 4. The summed E-state index contributed by atoms with van der Waals surface area (Å²) in [5.41, 5.74) is 0. The first-order valence-corrected chi connectivity index (χ1v) is 6.81. The lowest BCUT2D eigenvalue weighted by Gasteiger charge is -2.27. The Kier molecular flexibility index (Phi) is 5.07. The van der Waals surface area contributed by atoms with Gasteiger partial charge in [-0.2, -0.15) is 0 Å². The van der Waals surface area contributed by atoms with Crippen LogP contribution in [0.3, 0.4) is 0 Å². The molecule has 3 heteroatoms. The van der Waals surface area contributed by atoms with E-state index in [4.69, 9.17) is 4.74 Å². The normalized spacial score (nSPS) is 32.8. The van der Waals surface area contributed by atoms with Crippen molar-refractivity contribution in [2.45, 2.75) is 44.6 Å². The minimum atomic E-state index is -0.0383. The van der Waals surface area contributed by atoms with Crippen LogP contribution in [0.2, 0.25) is 0 Å². The number of ether oxygens (including phenoxy) is 1. The molecular weight excluding hydrogens is 202 g/mol. The van der Waals surface area contributed by atoms with Crippen molar-refractivity contribution >= 4 is 0 Å². The third kappa shape index (κ3) is 4.04. The van der Waals surface area contributed by atoms with Crippen molar-refractivity contribution in [3.05, 3.63) is 0 Å². The van der Waals surface area contributed by atoms with Crippen LogP contribution in [0.15, 0.2) is 0 Å². The standard InChI is InChI=1S/C13H25NO2/c15-13-3-1-2-12(8-13)10-14-9-11-4-6-16-7-5-11/h11-15H,1-10H2. The molecule has 1 aliphatic heterocycles. The highest BCUT2D eigenvalue weighted by molar-refractivity contribution is 4.75. The van der Waals surface area contributed by atoms with E-state index in [0.29, 0.717) is 5.92 Å². The van der Waals surface area contributed by atoms with Gasteiger partial charge in [-0.1, -0.05) is 6.42 Å². The Morgan fingerprint density at radius 2 is 1.75 bits per heavy atom. The fraction of sp³-hybridized carbons (Fsp3) is 1.00. The SMILES string of the molecule is OC1CCCC(CNCC2CCOCC2)C1. The van der Waals surface area contributed by atoms with E-state index in [1.807, 2.05) is 0 Å². The van der Waals surface area contributed by atoms with E-state index in [2.05, 4.69) is 5.32 Å². The molecule has 1 saturated carbocycles. The quantitative estimate of drug-likeness (QED) is 0.766. The molecule has 1 heterocycles. The molecule has 0 radical (unpaired) electrons. The molecule has 2 unspecified atom stereocenters. The van der Waals surface area contributed by atoms with Gasteiger partial charge in [0, 0.05) is 13.2 Å². The van der Waals surface area contributed by atoms with Gasteiger partial charge in [0.15, 0.2) is 0 Å². The number of nitrogens with one attached hydrogen (secondary N) is 1. The van der Waals surface area contributed by atoms with E-state index in [1.54, 1.807) is 0 Å². The molecule has 1 aliphatic carbocycles. The Bertz CT molecular complexity index is 192. The molecule has 94 valence electrons. The van der Waals surface area contributed by atoms with Crippen LogP contribution < -0.4 is 5.32 Å². The average molecular weight is 227 g/mol. The fourth-order valence-corrected chi connectivity index (χ4v) is 2.89. The Hall–Kier alpha value is -0.120. The van der Waals surface area contributed by atoms with E-state index in [0.717, 1.165) is 45.1 Å². The first kappa shape index (κ1) is 12.3. The number of aliphatic hydroxyl groups excluding tert-OH is 1. The van der Waals surface area contributed by atoms with Crippen LogP contribution in [0, 0.1) is 11.8 Å².